The van der Waals surface area contributed by atoms with Gasteiger partial charge in [-0.2, -0.15) is 9.97 Å². The van der Waals surface area contributed by atoms with Gasteiger partial charge in [-0.15, -0.1) is 0 Å². The van der Waals surface area contributed by atoms with Gasteiger partial charge in [0, 0.05) is 30.4 Å². The maximum Gasteiger partial charge on any atom is 0.226 e. The number of imidazole rings is 1. The number of nitrogens with two attached hydrogens (primary N) is 1. The SMILES string of the molecule is CC(C)n1cnc2c(NCc3cc(N)ccc3O)nc(NCC(C)(C)O)nc21. The van der Waals surface area contributed by atoms with Crippen LogP contribution >= 0.6 is 0 Å². The van der Waals surface area contributed by atoms with Gasteiger partial charge in [-0.1, -0.05) is 0 Å². The molecular weight excluding hydrogens is 358 g/mol. The fraction of sp³-hybridized carbons (Fsp3) is 0.421. The van der Waals surface area contributed by atoms with Crippen LogP contribution in [0.4, 0.5) is 17.5 Å². The lowest BCUT2D eigenvalue weighted by molar-refractivity contribution is 0.0943. The molecule has 1 aromatic carbocycles. The molecule has 0 aliphatic rings. The molecule has 0 unspecified atom stereocenters. The number of nitrogen functional groups attached to an aromatic ring is 1. The highest BCUT2D eigenvalue weighted by Crippen LogP contribution is 2.26. The summed E-state index contributed by atoms with van der Waals surface area (Å²) in [6.07, 6.45) is 1.73. The van der Waals surface area contributed by atoms with E-state index in [-0.39, 0.29) is 11.8 Å². The number of anilines is 3. The molecule has 2 aromatic heterocycles. The Balaban J connectivity index is 1.95. The van der Waals surface area contributed by atoms with Crippen molar-refractivity contribution in [2.45, 2.75) is 45.9 Å². The standard InChI is InChI=1S/C19H27N7O2/c1-11(2)26-10-23-15-16(21-8-12-7-13(20)5-6-14(12)27)24-18(25-17(15)26)22-9-19(3,4)28/h5-7,10-11,27-28H,8-9,20H2,1-4H3,(H2,21,22,24,25). The van der Waals surface area contributed by atoms with Crippen molar-refractivity contribution in [3.8, 4) is 5.75 Å². The molecule has 9 nitrogen and oxygen atoms in total. The molecular formula is C19H27N7O2. The monoisotopic (exact) mass is 385 g/mol. The Labute approximate surface area is 163 Å². The van der Waals surface area contributed by atoms with E-state index in [0.29, 0.717) is 47.3 Å². The van der Waals surface area contributed by atoms with E-state index in [0.717, 1.165) is 0 Å². The van der Waals surface area contributed by atoms with E-state index in [1.54, 1.807) is 38.4 Å². The number of aromatic nitrogens is 4. The van der Waals surface area contributed by atoms with Crippen molar-refractivity contribution >= 4 is 28.6 Å². The number of phenolic OH excluding ortho intramolecular Hbond substituents is 1. The summed E-state index contributed by atoms with van der Waals surface area (Å²) in [4.78, 5) is 13.5. The van der Waals surface area contributed by atoms with Crippen LogP contribution in [0.25, 0.3) is 11.2 Å². The van der Waals surface area contributed by atoms with E-state index in [4.69, 9.17) is 5.73 Å². The van der Waals surface area contributed by atoms with Crippen molar-refractivity contribution in [2.75, 3.05) is 22.9 Å². The summed E-state index contributed by atoms with van der Waals surface area (Å²) in [6, 6.07) is 5.09. The molecule has 0 saturated heterocycles. The molecule has 0 aliphatic carbocycles. The van der Waals surface area contributed by atoms with Gasteiger partial charge >= 0.3 is 0 Å². The molecule has 3 aromatic rings. The molecule has 150 valence electrons. The fourth-order valence-corrected chi connectivity index (χ4v) is 2.72. The van der Waals surface area contributed by atoms with Crippen molar-refractivity contribution in [3.63, 3.8) is 0 Å². The highest BCUT2D eigenvalue weighted by Gasteiger charge is 2.17. The van der Waals surface area contributed by atoms with Crippen molar-refractivity contribution in [2.24, 2.45) is 0 Å². The van der Waals surface area contributed by atoms with E-state index in [2.05, 4.69) is 25.6 Å². The van der Waals surface area contributed by atoms with E-state index in [9.17, 15) is 10.2 Å². The summed E-state index contributed by atoms with van der Waals surface area (Å²) >= 11 is 0. The Bertz CT molecular complexity index is 976. The predicted octanol–water partition coefficient (Wildman–Crippen LogP) is 2.49. The number of hydrogen-bond donors (Lipinski definition) is 5. The number of nitrogens with one attached hydrogen (secondary N) is 2. The van der Waals surface area contributed by atoms with Crippen molar-refractivity contribution < 1.29 is 10.2 Å². The maximum absolute atomic E-state index is 10.0. The maximum atomic E-state index is 10.0. The molecule has 0 amide bonds. The normalized spacial score (nSPS) is 11.9. The second kappa shape index (κ2) is 7.51. The average Bonchev–Trinajstić information content (AvgIpc) is 3.04. The molecule has 0 fully saturated rings. The summed E-state index contributed by atoms with van der Waals surface area (Å²) in [6.45, 7) is 8.12. The molecule has 6 N–H and O–H groups in total. The molecule has 2 heterocycles. The topological polar surface area (TPSA) is 134 Å². The largest absolute Gasteiger partial charge is 0.508 e. The minimum Gasteiger partial charge on any atom is -0.508 e. The smallest absolute Gasteiger partial charge is 0.226 e. The van der Waals surface area contributed by atoms with Crippen LogP contribution in [0, 0.1) is 0 Å². The van der Waals surface area contributed by atoms with Crippen LogP contribution in [0.15, 0.2) is 24.5 Å². The van der Waals surface area contributed by atoms with Crippen LogP contribution in [-0.4, -0.2) is 41.9 Å². The van der Waals surface area contributed by atoms with Gasteiger partial charge in [0.25, 0.3) is 0 Å². The Hall–Kier alpha value is -3.07. The highest BCUT2D eigenvalue weighted by molar-refractivity contribution is 5.84. The number of aliphatic hydroxyl groups is 1. The predicted molar refractivity (Wildman–Crippen MR) is 110 cm³/mol. The number of rotatable bonds is 7. The highest BCUT2D eigenvalue weighted by atomic mass is 16.3. The van der Waals surface area contributed by atoms with E-state index in [1.165, 1.54) is 0 Å². The summed E-state index contributed by atoms with van der Waals surface area (Å²) in [5, 5.41) is 26.3. The van der Waals surface area contributed by atoms with E-state index >= 15 is 0 Å². The Morgan fingerprint density at radius 1 is 1.21 bits per heavy atom. The molecule has 0 aliphatic heterocycles. The zero-order valence-electron chi connectivity index (χ0n) is 16.6. The van der Waals surface area contributed by atoms with Gasteiger partial charge in [0.1, 0.15) is 5.75 Å². The lowest BCUT2D eigenvalue weighted by Gasteiger charge is -2.18. The lowest BCUT2D eigenvalue weighted by atomic mass is 10.1. The Morgan fingerprint density at radius 3 is 2.64 bits per heavy atom. The quantitative estimate of drug-likeness (QED) is 0.309. The first-order valence-electron chi connectivity index (χ1n) is 9.16. The van der Waals surface area contributed by atoms with Crippen molar-refractivity contribution in [1.29, 1.82) is 0 Å². The van der Waals surface area contributed by atoms with Gasteiger partial charge in [0.2, 0.25) is 5.95 Å². The van der Waals surface area contributed by atoms with Crippen LogP contribution in [0.2, 0.25) is 0 Å². The fourth-order valence-electron chi connectivity index (χ4n) is 2.72. The first-order valence-corrected chi connectivity index (χ1v) is 9.16. The third kappa shape index (κ3) is 4.42. The van der Waals surface area contributed by atoms with Crippen molar-refractivity contribution in [1.82, 2.24) is 19.5 Å². The summed E-state index contributed by atoms with van der Waals surface area (Å²) in [5.41, 5.74) is 7.44. The van der Waals surface area contributed by atoms with Crippen LogP contribution in [0.3, 0.4) is 0 Å². The van der Waals surface area contributed by atoms with Crippen LogP contribution in [0.5, 0.6) is 5.75 Å². The van der Waals surface area contributed by atoms with Crippen LogP contribution in [-0.2, 0) is 6.54 Å². The molecule has 0 saturated carbocycles. The number of hydrogen-bond acceptors (Lipinski definition) is 8. The van der Waals surface area contributed by atoms with Gasteiger partial charge in [-0.25, -0.2) is 4.98 Å². The minimum atomic E-state index is -0.905. The first kappa shape index (κ1) is 19.7. The second-order valence-electron chi connectivity index (χ2n) is 7.72. The Morgan fingerprint density at radius 2 is 1.96 bits per heavy atom. The minimum absolute atomic E-state index is 0.153. The first-order chi connectivity index (χ1) is 13.1. The van der Waals surface area contributed by atoms with Gasteiger partial charge in [-0.3, -0.25) is 0 Å². The number of benzene rings is 1. The van der Waals surface area contributed by atoms with Gasteiger partial charge in [-0.05, 0) is 45.9 Å². The summed E-state index contributed by atoms with van der Waals surface area (Å²) < 4.78 is 1.95. The summed E-state index contributed by atoms with van der Waals surface area (Å²) in [7, 11) is 0. The Kier molecular flexibility index (Phi) is 5.28. The molecule has 0 atom stereocenters. The molecule has 0 spiro atoms. The zero-order chi connectivity index (χ0) is 20.5. The zero-order valence-corrected chi connectivity index (χ0v) is 16.6. The molecule has 3 rings (SSSR count). The van der Waals surface area contributed by atoms with Gasteiger partial charge in [0.15, 0.2) is 17.0 Å². The number of aromatic hydroxyl groups is 1. The third-order valence-electron chi connectivity index (χ3n) is 4.21. The molecule has 0 radical (unpaired) electrons. The second-order valence-corrected chi connectivity index (χ2v) is 7.72. The lowest BCUT2D eigenvalue weighted by Crippen LogP contribution is -2.30. The van der Waals surface area contributed by atoms with Crippen LogP contribution < -0.4 is 16.4 Å². The molecule has 9 heteroatoms. The van der Waals surface area contributed by atoms with Crippen molar-refractivity contribution in [3.05, 3.63) is 30.1 Å². The van der Waals surface area contributed by atoms with Crippen LogP contribution in [0.1, 0.15) is 39.3 Å². The van der Waals surface area contributed by atoms with Gasteiger partial charge < -0.3 is 31.1 Å². The number of fused-ring (bicyclic) bond motifs is 1. The van der Waals surface area contributed by atoms with Gasteiger partial charge in [0.05, 0.1) is 11.9 Å². The number of phenols is 1. The molecule has 28 heavy (non-hydrogen) atoms. The average molecular weight is 385 g/mol. The molecule has 0 bridgehead atoms. The van der Waals surface area contributed by atoms with E-state index in [1.807, 2.05) is 18.4 Å². The van der Waals surface area contributed by atoms with E-state index < -0.39 is 5.60 Å². The number of nitrogens with zero attached hydrogens (tertiary/aromatic N) is 4. The summed E-state index contributed by atoms with van der Waals surface area (Å²) in [5.74, 6) is 1.07. The third-order valence-corrected chi connectivity index (χ3v) is 4.21.